The van der Waals surface area contributed by atoms with Crippen molar-refractivity contribution in [2.75, 3.05) is 18.9 Å². The maximum atomic E-state index is 13.7. The number of benzene rings is 2. The minimum atomic E-state index is -0.250. The summed E-state index contributed by atoms with van der Waals surface area (Å²) in [7, 11) is 0. The van der Waals surface area contributed by atoms with E-state index in [1.54, 1.807) is 0 Å². The summed E-state index contributed by atoms with van der Waals surface area (Å²) in [4.78, 5) is 8.36. The Labute approximate surface area is 192 Å². The van der Waals surface area contributed by atoms with E-state index in [1.165, 1.54) is 54.3 Å². The van der Waals surface area contributed by atoms with E-state index in [0.29, 0.717) is 11.6 Å². The van der Waals surface area contributed by atoms with Crippen molar-refractivity contribution in [2.45, 2.75) is 44.4 Å². The highest BCUT2D eigenvalue weighted by Gasteiger charge is 2.30. The van der Waals surface area contributed by atoms with Crippen LogP contribution in [0.4, 0.5) is 10.1 Å². The smallest absolute Gasteiger partial charge is 0.290 e. The molecular weight excluding hydrogens is 421 g/mol. The summed E-state index contributed by atoms with van der Waals surface area (Å²) >= 11 is 0. The monoisotopic (exact) mass is 451 g/mol. The van der Waals surface area contributed by atoms with Crippen molar-refractivity contribution in [1.82, 2.24) is 4.57 Å². The van der Waals surface area contributed by atoms with Crippen LogP contribution >= 0.6 is 0 Å². The van der Waals surface area contributed by atoms with Crippen molar-refractivity contribution in [3.8, 4) is 5.69 Å². The van der Waals surface area contributed by atoms with Crippen LogP contribution in [-0.2, 0) is 16.0 Å². The summed E-state index contributed by atoms with van der Waals surface area (Å²) in [5, 5.41) is 15.9. The number of aromatic nitrogens is 1. The summed E-state index contributed by atoms with van der Waals surface area (Å²) in [6.45, 7) is 1.29. The molecule has 1 saturated carbocycles. The third-order valence-corrected chi connectivity index (χ3v) is 6.88. The first-order valence-corrected chi connectivity index (χ1v) is 11.5. The normalized spacial score (nSPS) is 16.6. The van der Waals surface area contributed by atoms with Gasteiger partial charge in [-0.05, 0) is 67.1 Å². The van der Waals surface area contributed by atoms with Gasteiger partial charge in [-0.15, -0.1) is 0 Å². The van der Waals surface area contributed by atoms with Crippen LogP contribution in [0.25, 0.3) is 16.6 Å². The number of nitrogen functional groups attached to an aromatic ring is 1. The van der Waals surface area contributed by atoms with Gasteiger partial charge >= 0.3 is 0 Å². The van der Waals surface area contributed by atoms with Crippen molar-refractivity contribution in [3.63, 3.8) is 0 Å². The second kappa shape index (κ2) is 10.2. The molecule has 1 aliphatic carbocycles. The summed E-state index contributed by atoms with van der Waals surface area (Å²) in [6.07, 6.45) is 8.23. The van der Waals surface area contributed by atoms with Crippen LogP contribution in [0.1, 0.15) is 54.8 Å². The number of ether oxygens (including phenoxy) is 1. The minimum absolute atomic E-state index is 0.234. The predicted octanol–water partition coefficient (Wildman–Crippen LogP) is 5.29. The van der Waals surface area contributed by atoms with E-state index in [4.69, 9.17) is 25.8 Å². The molecule has 2 heterocycles. The molecule has 0 radical (unpaired) electrons. The molecule has 3 aromatic rings. The van der Waals surface area contributed by atoms with Gasteiger partial charge in [0.05, 0.1) is 5.52 Å². The topological polar surface area (TPSA) is 101 Å². The van der Waals surface area contributed by atoms with Gasteiger partial charge in [-0.2, -0.15) is 0 Å². The number of nitrogens with zero attached hydrogens (tertiary/aromatic N) is 1. The number of carbonyl (C=O) groups is 1. The molecule has 33 heavy (non-hydrogen) atoms. The highest BCUT2D eigenvalue weighted by molar-refractivity contribution is 5.97. The lowest BCUT2D eigenvalue weighted by Crippen LogP contribution is -2.20. The number of hydrogen-bond acceptors (Lipinski definition) is 4. The van der Waals surface area contributed by atoms with E-state index in [9.17, 15) is 4.39 Å². The second-order valence-electron chi connectivity index (χ2n) is 8.81. The summed E-state index contributed by atoms with van der Waals surface area (Å²) in [5.74, 6) is 0.886. The SMILES string of the molecule is N=Cc1cc2c(cc1N)c(CC1CCC1)c(C1CCOCC1)n2-c1ccc(F)cc1.O=CO. The number of hydrogen-bond donors (Lipinski definition) is 3. The zero-order chi connectivity index (χ0) is 23.4. The quantitative estimate of drug-likeness (QED) is 0.279. The lowest BCUT2D eigenvalue weighted by molar-refractivity contribution is -0.122. The van der Waals surface area contributed by atoms with E-state index >= 15 is 0 Å². The van der Waals surface area contributed by atoms with E-state index in [0.717, 1.165) is 55.2 Å². The molecule has 1 saturated heterocycles. The van der Waals surface area contributed by atoms with Gasteiger partial charge in [0.2, 0.25) is 0 Å². The first kappa shape index (κ1) is 23.0. The molecule has 4 N–H and O–H groups in total. The average Bonchev–Trinajstić information content (AvgIpc) is 3.10. The first-order chi connectivity index (χ1) is 16.1. The fraction of sp³-hybridized carbons (Fsp3) is 0.385. The molecule has 0 spiro atoms. The summed E-state index contributed by atoms with van der Waals surface area (Å²) in [5.41, 5.74) is 12.4. The number of halogens is 1. The molecule has 5 rings (SSSR count). The first-order valence-electron chi connectivity index (χ1n) is 11.5. The Morgan fingerprint density at radius 3 is 2.39 bits per heavy atom. The highest BCUT2D eigenvalue weighted by atomic mass is 19.1. The molecule has 0 amide bonds. The Hall–Kier alpha value is -3.19. The van der Waals surface area contributed by atoms with Crippen molar-refractivity contribution in [1.29, 1.82) is 5.41 Å². The third kappa shape index (κ3) is 4.64. The van der Waals surface area contributed by atoms with Crippen LogP contribution in [-0.4, -0.2) is 35.6 Å². The average molecular weight is 452 g/mol. The number of nitrogens with one attached hydrogen (secondary N) is 1. The van der Waals surface area contributed by atoms with Gasteiger partial charge in [-0.25, -0.2) is 4.39 Å². The van der Waals surface area contributed by atoms with Gasteiger partial charge in [0.1, 0.15) is 5.82 Å². The predicted molar refractivity (Wildman–Crippen MR) is 128 cm³/mol. The van der Waals surface area contributed by atoms with Crippen LogP contribution in [0.2, 0.25) is 0 Å². The Kier molecular flexibility index (Phi) is 7.08. The number of fused-ring (bicyclic) bond motifs is 1. The highest BCUT2D eigenvalue weighted by Crippen LogP contribution is 2.42. The summed E-state index contributed by atoms with van der Waals surface area (Å²) in [6, 6.07) is 10.8. The molecule has 0 unspecified atom stereocenters. The van der Waals surface area contributed by atoms with Gasteiger partial charge < -0.3 is 25.6 Å². The lowest BCUT2D eigenvalue weighted by atomic mass is 9.79. The number of anilines is 1. The second-order valence-corrected chi connectivity index (χ2v) is 8.81. The minimum Gasteiger partial charge on any atom is -0.483 e. The van der Waals surface area contributed by atoms with Crippen LogP contribution in [0.5, 0.6) is 0 Å². The molecule has 2 fully saturated rings. The number of carboxylic acid groups (broad SMARTS) is 1. The van der Waals surface area contributed by atoms with Gasteiger partial charge in [-0.3, -0.25) is 4.79 Å². The molecule has 0 atom stereocenters. The Morgan fingerprint density at radius 1 is 1.15 bits per heavy atom. The van der Waals surface area contributed by atoms with Crippen LogP contribution in [0, 0.1) is 17.1 Å². The van der Waals surface area contributed by atoms with Crippen molar-refractivity contribution in [3.05, 3.63) is 59.0 Å². The van der Waals surface area contributed by atoms with Crippen molar-refractivity contribution < 1.29 is 19.0 Å². The van der Waals surface area contributed by atoms with E-state index < -0.39 is 0 Å². The van der Waals surface area contributed by atoms with Crippen LogP contribution in [0.15, 0.2) is 36.4 Å². The Bertz CT molecular complexity index is 1130. The molecule has 174 valence electrons. The van der Waals surface area contributed by atoms with Crippen LogP contribution < -0.4 is 5.73 Å². The van der Waals surface area contributed by atoms with Gasteiger partial charge in [0.25, 0.3) is 6.47 Å². The fourth-order valence-corrected chi connectivity index (χ4v) is 5.04. The van der Waals surface area contributed by atoms with Gasteiger partial charge in [-0.1, -0.05) is 19.3 Å². The molecule has 2 aromatic carbocycles. The Balaban J connectivity index is 0.000000821. The molecule has 1 aromatic heterocycles. The largest absolute Gasteiger partial charge is 0.483 e. The number of rotatable bonds is 5. The van der Waals surface area contributed by atoms with Crippen molar-refractivity contribution in [2.24, 2.45) is 5.92 Å². The molecule has 1 aliphatic heterocycles. The lowest BCUT2D eigenvalue weighted by Gasteiger charge is -2.29. The maximum Gasteiger partial charge on any atom is 0.290 e. The van der Waals surface area contributed by atoms with Crippen LogP contribution in [0.3, 0.4) is 0 Å². The van der Waals surface area contributed by atoms with Gasteiger partial charge in [0, 0.05) is 53.4 Å². The zero-order valence-electron chi connectivity index (χ0n) is 18.6. The molecular formula is C26H30FN3O3. The molecule has 0 bridgehead atoms. The standard InChI is InChI=1S/C25H28FN3O.CH2O2/c26-19-4-6-20(7-5-19)29-24-13-18(15-27)23(28)14-21(24)22(12-16-2-1-3-16)25(29)17-8-10-30-11-9-17;2-1-3/h4-7,13-17,27H,1-3,8-12,28H2;1H,(H,2,3). The Morgan fingerprint density at radius 2 is 1.82 bits per heavy atom. The van der Waals surface area contributed by atoms with E-state index in [1.807, 2.05) is 24.3 Å². The third-order valence-electron chi connectivity index (χ3n) is 6.88. The summed E-state index contributed by atoms with van der Waals surface area (Å²) < 4.78 is 21.7. The molecule has 2 aliphatic rings. The maximum absolute atomic E-state index is 13.7. The number of nitrogens with two attached hydrogens (primary N) is 1. The van der Waals surface area contributed by atoms with E-state index in [2.05, 4.69) is 4.57 Å². The zero-order valence-corrected chi connectivity index (χ0v) is 18.6. The fourth-order valence-electron chi connectivity index (χ4n) is 5.04. The van der Waals surface area contributed by atoms with Gasteiger partial charge in [0.15, 0.2) is 0 Å². The van der Waals surface area contributed by atoms with E-state index in [-0.39, 0.29) is 12.3 Å². The molecule has 7 heteroatoms. The molecule has 6 nitrogen and oxygen atoms in total. The van der Waals surface area contributed by atoms with Crippen molar-refractivity contribution >= 4 is 29.3 Å².